The third-order valence-corrected chi connectivity index (χ3v) is 16.4. The molecule has 18 heteroatoms. The lowest BCUT2D eigenvalue weighted by Gasteiger charge is -2.62. The second-order valence-corrected chi connectivity index (χ2v) is 21.5. The van der Waals surface area contributed by atoms with Crippen molar-refractivity contribution in [2.45, 2.75) is 87.0 Å². The molecule has 3 aromatic carbocycles. The van der Waals surface area contributed by atoms with Gasteiger partial charge in [-0.05, 0) is 91.7 Å². The Morgan fingerprint density at radius 1 is 1.00 bits per heavy atom. The third kappa shape index (κ3) is 7.68. The number of nitro benzene ring substituents is 1. The highest BCUT2D eigenvalue weighted by Crippen LogP contribution is 2.55. The van der Waals surface area contributed by atoms with Gasteiger partial charge in [-0.25, -0.2) is 13.1 Å². The van der Waals surface area contributed by atoms with Crippen LogP contribution in [0.2, 0.25) is 0 Å². The Hall–Kier alpha value is -6.76. The van der Waals surface area contributed by atoms with E-state index in [0.29, 0.717) is 60.5 Å². The maximum atomic E-state index is 14.7. The topological polar surface area (TPSA) is 197 Å². The zero-order chi connectivity index (χ0) is 47.2. The summed E-state index contributed by atoms with van der Waals surface area (Å²) in [5.74, 6) is -0.0948. The first kappa shape index (κ1) is 43.5. The lowest BCUT2D eigenvalue weighted by Crippen LogP contribution is -2.66. The number of anilines is 4. The van der Waals surface area contributed by atoms with Gasteiger partial charge in [0.05, 0.1) is 46.4 Å². The Morgan fingerprint density at radius 3 is 2.65 bits per heavy atom. The molecule has 0 radical (unpaired) electrons. The number of amides is 1. The van der Waals surface area contributed by atoms with Crippen LogP contribution in [-0.2, 0) is 21.2 Å². The fourth-order valence-corrected chi connectivity index (χ4v) is 12.8. The van der Waals surface area contributed by atoms with Gasteiger partial charge in [-0.15, -0.1) is 0 Å². The van der Waals surface area contributed by atoms with Crippen LogP contribution in [0.4, 0.5) is 28.4 Å². The van der Waals surface area contributed by atoms with Gasteiger partial charge in [-0.1, -0.05) is 44.2 Å². The van der Waals surface area contributed by atoms with Crippen LogP contribution in [0.15, 0.2) is 102 Å². The van der Waals surface area contributed by atoms with Crippen molar-refractivity contribution in [3.8, 4) is 11.6 Å². The first-order valence-electron chi connectivity index (χ1n) is 23.8. The van der Waals surface area contributed by atoms with Crippen LogP contribution in [0.1, 0.15) is 78.7 Å². The number of pyridine rings is 2. The number of ether oxygens (including phenoxy) is 3. The quantitative estimate of drug-likeness (QED) is 0.0847. The number of carbonyl (C=O) groups is 1. The molecule has 12 rings (SSSR count). The molecule has 356 valence electrons. The average Bonchev–Trinajstić information content (AvgIpc) is 4.11. The van der Waals surface area contributed by atoms with E-state index in [2.05, 4.69) is 67.9 Å². The van der Waals surface area contributed by atoms with E-state index in [1.54, 1.807) is 24.5 Å². The number of aromatic amines is 1. The maximum Gasteiger partial charge on any atom is 0.297 e. The average molecular weight is 952 g/mol. The second-order valence-electron chi connectivity index (χ2n) is 19.8. The number of nitrogens with zero attached hydrogens (tertiary/aromatic N) is 6. The molecule has 6 aromatic rings. The van der Waals surface area contributed by atoms with Gasteiger partial charge in [0, 0.05) is 78.3 Å². The minimum absolute atomic E-state index is 0.0121. The predicted octanol–water partition coefficient (Wildman–Crippen LogP) is 7.63. The summed E-state index contributed by atoms with van der Waals surface area (Å²) in [6.45, 7) is 8.10. The summed E-state index contributed by atoms with van der Waals surface area (Å²) in [6, 6.07) is 26.2. The van der Waals surface area contributed by atoms with E-state index in [1.807, 2.05) is 41.3 Å². The smallest absolute Gasteiger partial charge is 0.297 e. The van der Waals surface area contributed by atoms with Crippen molar-refractivity contribution in [2.75, 3.05) is 54.6 Å². The maximum absolute atomic E-state index is 14.7. The summed E-state index contributed by atoms with van der Waals surface area (Å²) in [7, 11) is -4.70. The molecule has 4 atom stereocenters. The van der Waals surface area contributed by atoms with E-state index < -0.39 is 37.5 Å². The highest BCUT2D eigenvalue weighted by molar-refractivity contribution is 7.90. The number of aromatic nitrogens is 3. The standard InChI is InChI=1S/C51H53N9O8S/c1-30(2)37-9-3-4-10-38(37)40-11-7-17-58(40)35-23-51(24-35)28-57(29-51)34-12-13-39(41(20-34)59-43-18-31-14-16-53-48(31)55-50(43)68-46-27-66-26-44(46)59)49(61)56-69(64,65)36-21-42(60(62)63)47-45(22-36)67-25-33(54-47)19-32-8-5-6-15-52-32/h3-6,8-10,12-16,18,20-22,30,33,35,40,44,46,54H,7,11,17,19,23-29H2,1-2H3,(H,53,55)(H,56,61)/t33-,40+,44+,46+/m1/s1. The molecule has 1 amide bonds. The number of hydrogen-bond acceptors (Lipinski definition) is 14. The summed E-state index contributed by atoms with van der Waals surface area (Å²) >= 11 is 0. The van der Waals surface area contributed by atoms with Crippen molar-refractivity contribution in [1.82, 2.24) is 24.6 Å². The van der Waals surface area contributed by atoms with E-state index in [9.17, 15) is 23.3 Å². The van der Waals surface area contributed by atoms with Gasteiger partial charge in [0.25, 0.3) is 21.6 Å². The third-order valence-electron chi connectivity index (χ3n) is 15.1. The Kier molecular flexibility index (Phi) is 10.6. The molecule has 69 heavy (non-hydrogen) atoms. The normalized spacial score (nSPS) is 22.8. The van der Waals surface area contributed by atoms with E-state index >= 15 is 0 Å². The molecular weight excluding hydrogens is 899 g/mol. The number of sulfonamides is 1. The van der Waals surface area contributed by atoms with Crippen molar-refractivity contribution in [2.24, 2.45) is 5.41 Å². The van der Waals surface area contributed by atoms with Crippen molar-refractivity contribution < 1.29 is 32.3 Å². The first-order chi connectivity index (χ1) is 33.4. The lowest BCUT2D eigenvalue weighted by molar-refractivity contribution is -0.384. The second kappa shape index (κ2) is 16.7. The Labute approximate surface area is 399 Å². The van der Waals surface area contributed by atoms with Gasteiger partial charge >= 0.3 is 0 Å². The number of nitrogens with one attached hydrogen (secondary N) is 3. The Morgan fingerprint density at radius 2 is 1.84 bits per heavy atom. The van der Waals surface area contributed by atoms with Gasteiger partial charge in [-0.2, -0.15) is 4.98 Å². The Bertz CT molecular complexity index is 3120. The van der Waals surface area contributed by atoms with E-state index in [-0.39, 0.29) is 41.1 Å². The van der Waals surface area contributed by atoms with Crippen molar-refractivity contribution >= 4 is 55.4 Å². The molecule has 3 saturated heterocycles. The molecule has 3 aromatic heterocycles. The van der Waals surface area contributed by atoms with Crippen LogP contribution >= 0.6 is 0 Å². The Balaban J connectivity index is 0.839. The summed E-state index contributed by atoms with van der Waals surface area (Å²) in [5.41, 5.74) is 6.11. The van der Waals surface area contributed by atoms with E-state index in [1.165, 1.54) is 30.0 Å². The molecule has 0 unspecified atom stereocenters. The fourth-order valence-electron chi connectivity index (χ4n) is 11.8. The van der Waals surface area contributed by atoms with Gasteiger partial charge in [-0.3, -0.25) is 24.8 Å². The summed E-state index contributed by atoms with van der Waals surface area (Å²) in [6.07, 6.45) is 8.10. The monoisotopic (exact) mass is 951 g/mol. The summed E-state index contributed by atoms with van der Waals surface area (Å²) in [4.78, 5) is 45.4. The van der Waals surface area contributed by atoms with Crippen molar-refractivity contribution in [1.29, 1.82) is 0 Å². The number of benzene rings is 3. The van der Waals surface area contributed by atoms with Gasteiger partial charge in [0.1, 0.15) is 24.0 Å². The minimum atomic E-state index is -4.70. The zero-order valence-corrected chi connectivity index (χ0v) is 39.2. The number of H-pyrrole nitrogens is 1. The van der Waals surface area contributed by atoms with Crippen molar-refractivity contribution in [3.63, 3.8) is 0 Å². The van der Waals surface area contributed by atoms with Crippen LogP contribution in [-0.4, -0.2) is 103 Å². The predicted molar refractivity (Wildman–Crippen MR) is 259 cm³/mol. The van der Waals surface area contributed by atoms with E-state index in [4.69, 9.17) is 19.2 Å². The molecule has 3 N–H and O–H groups in total. The van der Waals surface area contributed by atoms with Crippen LogP contribution in [0, 0.1) is 15.5 Å². The van der Waals surface area contributed by atoms with Crippen LogP contribution in [0.5, 0.6) is 11.6 Å². The summed E-state index contributed by atoms with van der Waals surface area (Å²) < 4.78 is 49.1. The van der Waals surface area contributed by atoms with Gasteiger partial charge in [0.15, 0.2) is 11.4 Å². The molecule has 1 spiro atoms. The molecule has 0 bridgehead atoms. The molecule has 1 aliphatic carbocycles. The number of likely N-dealkylation sites (tertiary alicyclic amines) is 1. The van der Waals surface area contributed by atoms with Gasteiger partial charge in [0.2, 0.25) is 5.88 Å². The molecule has 1 saturated carbocycles. The van der Waals surface area contributed by atoms with E-state index in [0.717, 1.165) is 55.3 Å². The first-order valence-corrected chi connectivity index (χ1v) is 25.3. The molecule has 6 aliphatic rings. The number of fused-ring (bicyclic) bond motifs is 4. The number of hydrogen-bond donors (Lipinski definition) is 3. The number of nitro groups is 1. The number of rotatable bonds is 11. The van der Waals surface area contributed by atoms with Crippen molar-refractivity contribution in [3.05, 3.63) is 130 Å². The molecule has 17 nitrogen and oxygen atoms in total. The molecule has 5 aliphatic heterocycles. The van der Waals surface area contributed by atoms with Crippen LogP contribution < -0.4 is 29.3 Å². The molecule has 4 fully saturated rings. The van der Waals surface area contributed by atoms with Crippen LogP contribution in [0.25, 0.3) is 11.0 Å². The fraction of sp³-hybridized carbons (Fsp3) is 0.392. The lowest BCUT2D eigenvalue weighted by atomic mass is 9.60. The van der Waals surface area contributed by atoms with Crippen LogP contribution in [0.3, 0.4) is 0 Å². The largest absolute Gasteiger partial charge is 0.489 e. The molecule has 8 heterocycles. The van der Waals surface area contributed by atoms with Gasteiger partial charge < -0.3 is 34.3 Å². The SMILES string of the molecule is CC(C)c1ccccc1[C@@H]1CCCN1C1CC2(C1)CN(c1ccc(C(=O)NS(=O)(=O)c3cc4c(c([N+](=O)[O-])c3)N[C@H](Cc3ccccn3)CO4)c(N3c4cc5cc[nH]c5nc4O[C@H]4COC[C@@H]43)c1)C2. The highest BCUT2D eigenvalue weighted by atomic mass is 32.2. The minimum Gasteiger partial charge on any atom is -0.489 e. The molecular formula is C51H53N9O8S. The number of carbonyl (C=O) groups excluding carboxylic acids is 1. The summed E-state index contributed by atoms with van der Waals surface area (Å²) in [5, 5.41) is 16.5. The highest BCUT2D eigenvalue weighted by Gasteiger charge is 2.55. The zero-order valence-electron chi connectivity index (χ0n) is 38.3.